The van der Waals surface area contributed by atoms with Crippen LogP contribution in [0, 0.1) is 0 Å². The average molecular weight is 318 g/mol. The van der Waals surface area contributed by atoms with Crippen LogP contribution in [0.1, 0.15) is 40.4 Å². The third-order valence-electron chi connectivity index (χ3n) is 3.49. The molecule has 0 bridgehead atoms. The van der Waals surface area contributed by atoms with Gasteiger partial charge in [-0.15, -0.1) is 11.3 Å². The average Bonchev–Trinajstić information content (AvgIpc) is 2.93. The fraction of sp³-hybridized carbons (Fsp3) is 0.353. The van der Waals surface area contributed by atoms with E-state index in [1.807, 2.05) is 6.07 Å². The molecule has 1 heterocycles. The van der Waals surface area contributed by atoms with E-state index in [2.05, 4.69) is 19.2 Å². The zero-order valence-corrected chi connectivity index (χ0v) is 14.0. The summed E-state index contributed by atoms with van der Waals surface area (Å²) in [6.07, 6.45) is 3.04. The van der Waals surface area contributed by atoms with Crippen molar-refractivity contribution in [3.8, 4) is 5.75 Å². The first kappa shape index (κ1) is 16.4. The Hall–Kier alpha value is -2.01. The molecular formula is C17H22N2O2S. The van der Waals surface area contributed by atoms with E-state index in [0.29, 0.717) is 17.1 Å². The van der Waals surface area contributed by atoms with Crippen molar-refractivity contribution in [2.45, 2.75) is 33.1 Å². The predicted molar refractivity (Wildman–Crippen MR) is 93.1 cm³/mol. The first-order valence-electron chi connectivity index (χ1n) is 7.45. The van der Waals surface area contributed by atoms with E-state index in [4.69, 9.17) is 10.5 Å². The number of anilines is 2. The zero-order chi connectivity index (χ0) is 16.1. The van der Waals surface area contributed by atoms with Gasteiger partial charge in [-0.1, -0.05) is 20.3 Å². The molecule has 0 radical (unpaired) electrons. The summed E-state index contributed by atoms with van der Waals surface area (Å²) in [5.41, 5.74) is 8.27. The fourth-order valence-corrected chi connectivity index (χ4v) is 3.52. The van der Waals surface area contributed by atoms with Crippen LogP contribution in [0.2, 0.25) is 0 Å². The second-order valence-corrected chi connectivity index (χ2v) is 6.21. The van der Waals surface area contributed by atoms with Crippen LogP contribution in [0.4, 0.5) is 11.4 Å². The Balaban J connectivity index is 2.22. The number of methoxy groups -OCH3 is 1. The Morgan fingerprint density at radius 2 is 2.09 bits per heavy atom. The van der Waals surface area contributed by atoms with Gasteiger partial charge in [0.1, 0.15) is 5.75 Å². The van der Waals surface area contributed by atoms with E-state index in [9.17, 15) is 4.79 Å². The maximum absolute atomic E-state index is 12.5. The van der Waals surface area contributed by atoms with Crippen molar-refractivity contribution in [2.24, 2.45) is 0 Å². The molecule has 0 atom stereocenters. The highest BCUT2D eigenvalue weighted by atomic mass is 32.1. The summed E-state index contributed by atoms with van der Waals surface area (Å²) in [4.78, 5) is 14.5. The predicted octanol–water partition coefficient (Wildman–Crippen LogP) is 4.11. The third-order valence-corrected chi connectivity index (χ3v) is 4.72. The lowest BCUT2D eigenvalue weighted by molar-refractivity contribution is 0.103. The van der Waals surface area contributed by atoms with Gasteiger partial charge < -0.3 is 15.8 Å². The number of benzene rings is 1. The van der Waals surface area contributed by atoms with E-state index >= 15 is 0 Å². The molecule has 118 valence electrons. The molecule has 0 unspecified atom stereocenters. The summed E-state index contributed by atoms with van der Waals surface area (Å²) >= 11 is 1.57. The van der Waals surface area contributed by atoms with Gasteiger partial charge in [-0.3, -0.25) is 4.79 Å². The fourth-order valence-electron chi connectivity index (χ4n) is 2.27. The van der Waals surface area contributed by atoms with Crippen LogP contribution in [0.5, 0.6) is 5.75 Å². The van der Waals surface area contributed by atoms with Gasteiger partial charge in [0, 0.05) is 10.9 Å². The molecule has 2 aromatic rings. The Morgan fingerprint density at radius 3 is 2.73 bits per heavy atom. The highest BCUT2D eigenvalue weighted by molar-refractivity contribution is 7.14. The molecule has 0 saturated carbocycles. The number of ether oxygens (including phenoxy) is 1. The molecule has 0 aliphatic heterocycles. The van der Waals surface area contributed by atoms with Gasteiger partial charge in [0.05, 0.1) is 23.4 Å². The van der Waals surface area contributed by atoms with Gasteiger partial charge in [-0.25, -0.2) is 0 Å². The second kappa shape index (κ2) is 7.31. The summed E-state index contributed by atoms with van der Waals surface area (Å²) in [7, 11) is 1.58. The highest BCUT2D eigenvalue weighted by Crippen LogP contribution is 2.28. The van der Waals surface area contributed by atoms with Gasteiger partial charge in [-0.2, -0.15) is 0 Å². The maximum atomic E-state index is 12.5. The van der Waals surface area contributed by atoms with E-state index in [-0.39, 0.29) is 5.91 Å². The molecule has 4 nitrogen and oxygen atoms in total. The van der Waals surface area contributed by atoms with Gasteiger partial charge in [0.2, 0.25) is 0 Å². The lowest BCUT2D eigenvalue weighted by Crippen LogP contribution is -2.11. The van der Waals surface area contributed by atoms with Crippen molar-refractivity contribution >= 4 is 28.6 Å². The molecule has 2 rings (SSSR count). The van der Waals surface area contributed by atoms with Crippen LogP contribution in [-0.2, 0) is 12.8 Å². The molecule has 0 spiro atoms. The number of carbonyl (C=O) groups is 1. The van der Waals surface area contributed by atoms with E-state index in [0.717, 1.165) is 24.1 Å². The molecule has 22 heavy (non-hydrogen) atoms. The minimum Gasteiger partial charge on any atom is -0.497 e. The van der Waals surface area contributed by atoms with Crippen molar-refractivity contribution in [3.05, 3.63) is 39.6 Å². The lowest BCUT2D eigenvalue weighted by atomic mass is 10.1. The molecule has 1 amide bonds. The normalized spacial score (nSPS) is 10.5. The summed E-state index contributed by atoms with van der Waals surface area (Å²) < 4.78 is 5.17. The molecule has 0 saturated heterocycles. The summed E-state index contributed by atoms with van der Waals surface area (Å²) in [5, 5.41) is 2.87. The Morgan fingerprint density at radius 1 is 1.32 bits per heavy atom. The van der Waals surface area contributed by atoms with Crippen molar-refractivity contribution in [1.29, 1.82) is 0 Å². The largest absolute Gasteiger partial charge is 0.497 e. The number of nitrogens with two attached hydrogens (primary N) is 1. The van der Waals surface area contributed by atoms with Crippen LogP contribution < -0.4 is 15.8 Å². The van der Waals surface area contributed by atoms with Crippen LogP contribution in [0.15, 0.2) is 24.3 Å². The number of aryl methyl sites for hydroxylation is 2. The SMILES string of the molecule is CCCc1sc(C(=O)Nc2cc(OC)ccc2N)cc1CC. The lowest BCUT2D eigenvalue weighted by Gasteiger charge is -2.09. The standard InChI is InChI=1S/C17H22N2O2S/c1-4-6-15-11(5-2)9-16(22-15)17(20)19-14-10-12(21-3)7-8-13(14)18/h7-10H,4-6,18H2,1-3H3,(H,19,20). The number of nitrogen functional groups attached to an aromatic ring is 1. The van der Waals surface area contributed by atoms with Crippen LogP contribution in [-0.4, -0.2) is 13.0 Å². The summed E-state index contributed by atoms with van der Waals surface area (Å²) in [6, 6.07) is 7.21. The van der Waals surface area contributed by atoms with Crippen molar-refractivity contribution in [2.75, 3.05) is 18.2 Å². The minimum absolute atomic E-state index is 0.123. The zero-order valence-electron chi connectivity index (χ0n) is 13.2. The maximum Gasteiger partial charge on any atom is 0.265 e. The number of hydrogen-bond donors (Lipinski definition) is 2. The topological polar surface area (TPSA) is 64.3 Å². The third kappa shape index (κ3) is 3.60. The van der Waals surface area contributed by atoms with Crippen LogP contribution in [0.3, 0.4) is 0 Å². The Labute approximate surface area is 135 Å². The molecule has 1 aromatic heterocycles. The molecule has 5 heteroatoms. The number of amides is 1. The Bertz CT molecular complexity index is 665. The number of hydrogen-bond acceptors (Lipinski definition) is 4. The number of carbonyl (C=O) groups excluding carboxylic acids is 1. The van der Waals surface area contributed by atoms with Gasteiger partial charge in [-0.05, 0) is 36.6 Å². The molecule has 3 N–H and O–H groups in total. The van der Waals surface area contributed by atoms with Gasteiger partial charge in [0.15, 0.2) is 0 Å². The van der Waals surface area contributed by atoms with Crippen molar-refractivity contribution in [1.82, 2.24) is 0 Å². The van der Waals surface area contributed by atoms with Crippen LogP contribution in [0.25, 0.3) is 0 Å². The van der Waals surface area contributed by atoms with Crippen LogP contribution >= 0.6 is 11.3 Å². The molecule has 1 aromatic carbocycles. The van der Waals surface area contributed by atoms with E-state index in [1.165, 1.54) is 10.4 Å². The number of thiophene rings is 1. The minimum atomic E-state index is -0.123. The summed E-state index contributed by atoms with van der Waals surface area (Å²) in [5.74, 6) is 0.540. The smallest absolute Gasteiger partial charge is 0.265 e. The van der Waals surface area contributed by atoms with E-state index < -0.39 is 0 Å². The first-order chi connectivity index (χ1) is 10.6. The second-order valence-electron chi connectivity index (χ2n) is 5.07. The van der Waals surface area contributed by atoms with Crippen molar-refractivity contribution in [3.63, 3.8) is 0 Å². The monoisotopic (exact) mass is 318 g/mol. The Kier molecular flexibility index (Phi) is 5.44. The van der Waals surface area contributed by atoms with Crippen molar-refractivity contribution < 1.29 is 9.53 Å². The number of rotatable bonds is 6. The molecule has 0 aliphatic rings. The molecular weight excluding hydrogens is 296 g/mol. The van der Waals surface area contributed by atoms with E-state index in [1.54, 1.807) is 36.6 Å². The molecule has 0 aliphatic carbocycles. The molecule has 0 fully saturated rings. The van der Waals surface area contributed by atoms with Gasteiger partial charge in [0.25, 0.3) is 5.91 Å². The first-order valence-corrected chi connectivity index (χ1v) is 8.27. The highest BCUT2D eigenvalue weighted by Gasteiger charge is 2.15. The quantitative estimate of drug-likeness (QED) is 0.788. The van der Waals surface area contributed by atoms with Gasteiger partial charge >= 0.3 is 0 Å². The number of nitrogens with one attached hydrogen (secondary N) is 1. The summed E-state index contributed by atoms with van der Waals surface area (Å²) in [6.45, 7) is 4.26.